The van der Waals surface area contributed by atoms with Crippen LogP contribution in [0.5, 0.6) is 17.2 Å². The molecule has 0 radical (unpaired) electrons. The Morgan fingerprint density at radius 1 is 0.900 bits per heavy atom. The number of benzene rings is 2. The molecule has 9 nitrogen and oxygen atoms in total. The van der Waals surface area contributed by atoms with E-state index < -0.39 is 18.5 Å². The van der Waals surface area contributed by atoms with Gasteiger partial charge in [0.25, 0.3) is 11.8 Å². The van der Waals surface area contributed by atoms with E-state index in [9.17, 15) is 14.4 Å². The highest BCUT2D eigenvalue weighted by Gasteiger charge is 2.18. The van der Waals surface area contributed by atoms with E-state index in [-0.39, 0.29) is 23.0 Å². The van der Waals surface area contributed by atoms with E-state index in [1.807, 2.05) is 6.92 Å². The van der Waals surface area contributed by atoms with E-state index >= 15 is 0 Å². The van der Waals surface area contributed by atoms with Gasteiger partial charge in [0, 0.05) is 17.8 Å². The largest absolute Gasteiger partial charge is 0.493 e. The van der Waals surface area contributed by atoms with Crippen LogP contribution in [0.25, 0.3) is 0 Å². The van der Waals surface area contributed by atoms with Gasteiger partial charge in [-0.25, -0.2) is 4.79 Å². The first-order valence-corrected chi connectivity index (χ1v) is 9.08. The third-order valence-corrected chi connectivity index (χ3v) is 3.98. The van der Waals surface area contributed by atoms with Crippen molar-refractivity contribution in [2.45, 2.75) is 6.92 Å². The Hall–Kier alpha value is -3.75. The van der Waals surface area contributed by atoms with Crippen LogP contribution in [-0.2, 0) is 9.53 Å². The second-order valence-electron chi connectivity index (χ2n) is 5.98. The summed E-state index contributed by atoms with van der Waals surface area (Å²) in [6.07, 6.45) is 0. The van der Waals surface area contributed by atoms with Crippen LogP contribution in [0.1, 0.15) is 27.6 Å². The maximum Gasteiger partial charge on any atom is 0.338 e. The molecule has 0 aromatic heterocycles. The lowest BCUT2D eigenvalue weighted by molar-refractivity contribution is -0.119. The normalized spacial score (nSPS) is 10.0. The zero-order valence-electron chi connectivity index (χ0n) is 17.2. The van der Waals surface area contributed by atoms with Crippen molar-refractivity contribution in [1.29, 1.82) is 0 Å². The molecule has 0 bridgehead atoms. The van der Waals surface area contributed by atoms with Crippen LogP contribution in [0.3, 0.4) is 0 Å². The lowest BCUT2D eigenvalue weighted by atomic mass is 10.2. The Balaban J connectivity index is 2.02. The smallest absolute Gasteiger partial charge is 0.338 e. The van der Waals surface area contributed by atoms with E-state index in [4.69, 9.17) is 18.9 Å². The van der Waals surface area contributed by atoms with Gasteiger partial charge in [-0.2, -0.15) is 0 Å². The SMILES string of the molecule is CCNC(=O)c1cccc(NC(=O)COC(=O)c2cc(OC)c(OC)c(OC)c2)c1. The number of amides is 2. The van der Waals surface area contributed by atoms with Crippen LogP contribution in [0.15, 0.2) is 36.4 Å². The van der Waals surface area contributed by atoms with Gasteiger partial charge < -0.3 is 29.6 Å². The summed E-state index contributed by atoms with van der Waals surface area (Å²) in [5.74, 6) is -0.626. The first-order chi connectivity index (χ1) is 14.4. The van der Waals surface area contributed by atoms with Crippen LogP contribution in [0.4, 0.5) is 5.69 Å². The Morgan fingerprint density at radius 2 is 1.57 bits per heavy atom. The van der Waals surface area contributed by atoms with Crippen molar-refractivity contribution in [2.24, 2.45) is 0 Å². The van der Waals surface area contributed by atoms with Gasteiger partial charge >= 0.3 is 5.97 Å². The molecule has 0 saturated carbocycles. The molecular formula is C21H24N2O7. The molecule has 0 aliphatic rings. The molecule has 30 heavy (non-hydrogen) atoms. The molecule has 0 heterocycles. The molecule has 160 valence electrons. The highest BCUT2D eigenvalue weighted by atomic mass is 16.5. The van der Waals surface area contributed by atoms with E-state index in [0.29, 0.717) is 23.5 Å². The maximum absolute atomic E-state index is 12.3. The molecule has 0 aliphatic heterocycles. The van der Waals surface area contributed by atoms with Gasteiger partial charge in [-0.15, -0.1) is 0 Å². The Morgan fingerprint density at radius 3 is 2.13 bits per heavy atom. The summed E-state index contributed by atoms with van der Waals surface area (Å²) in [6.45, 7) is 1.79. The molecule has 0 unspecified atom stereocenters. The summed E-state index contributed by atoms with van der Waals surface area (Å²) in [5.41, 5.74) is 0.951. The fourth-order valence-electron chi connectivity index (χ4n) is 2.61. The summed E-state index contributed by atoms with van der Waals surface area (Å²) in [7, 11) is 4.30. The van der Waals surface area contributed by atoms with Crippen LogP contribution < -0.4 is 24.8 Å². The van der Waals surface area contributed by atoms with Crippen molar-refractivity contribution >= 4 is 23.5 Å². The van der Waals surface area contributed by atoms with Gasteiger partial charge in [-0.1, -0.05) is 6.07 Å². The summed E-state index contributed by atoms with van der Waals surface area (Å²) < 4.78 is 20.7. The third kappa shape index (κ3) is 5.63. The standard InChI is InChI=1S/C21H24N2O7/c1-5-22-20(25)13-7-6-8-15(9-13)23-18(24)12-30-21(26)14-10-16(27-2)19(29-4)17(11-14)28-3/h6-11H,5,12H2,1-4H3,(H,22,25)(H,23,24). The first kappa shape index (κ1) is 22.5. The van der Waals surface area contributed by atoms with Crippen LogP contribution in [-0.4, -0.2) is 52.3 Å². The molecule has 2 N–H and O–H groups in total. The highest BCUT2D eigenvalue weighted by molar-refractivity contribution is 5.98. The quantitative estimate of drug-likeness (QED) is 0.603. The van der Waals surface area contributed by atoms with Crippen molar-refractivity contribution < 1.29 is 33.3 Å². The number of nitrogens with one attached hydrogen (secondary N) is 2. The number of hydrogen-bond donors (Lipinski definition) is 2. The van der Waals surface area contributed by atoms with Gasteiger partial charge in [0.05, 0.1) is 26.9 Å². The topological polar surface area (TPSA) is 112 Å². The minimum atomic E-state index is -0.736. The lowest BCUT2D eigenvalue weighted by Gasteiger charge is -2.13. The molecular weight excluding hydrogens is 392 g/mol. The van der Waals surface area contributed by atoms with E-state index in [2.05, 4.69) is 10.6 Å². The highest BCUT2D eigenvalue weighted by Crippen LogP contribution is 2.38. The minimum Gasteiger partial charge on any atom is -0.493 e. The molecule has 2 amide bonds. The van der Waals surface area contributed by atoms with Gasteiger partial charge in [-0.05, 0) is 37.3 Å². The average Bonchev–Trinajstić information content (AvgIpc) is 2.76. The van der Waals surface area contributed by atoms with Crippen molar-refractivity contribution in [1.82, 2.24) is 5.32 Å². The third-order valence-electron chi connectivity index (χ3n) is 3.98. The van der Waals surface area contributed by atoms with Crippen LogP contribution in [0, 0.1) is 0 Å². The average molecular weight is 416 g/mol. The number of esters is 1. The summed E-state index contributed by atoms with van der Waals surface area (Å²) in [4.78, 5) is 36.4. The van der Waals surface area contributed by atoms with Crippen molar-refractivity contribution in [3.63, 3.8) is 0 Å². The second kappa shape index (κ2) is 10.7. The van der Waals surface area contributed by atoms with E-state index in [1.165, 1.54) is 39.5 Å². The minimum absolute atomic E-state index is 0.135. The fraction of sp³-hybridized carbons (Fsp3) is 0.286. The summed E-state index contributed by atoms with van der Waals surface area (Å²) in [5, 5.41) is 5.26. The Kier molecular flexibility index (Phi) is 8.04. The molecule has 0 saturated heterocycles. The fourth-order valence-corrected chi connectivity index (χ4v) is 2.61. The Bertz CT molecular complexity index is 902. The molecule has 2 aromatic carbocycles. The molecule has 2 rings (SSSR count). The van der Waals surface area contributed by atoms with Gasteiger partial charge in [0.2, 0.25) is 5.75 Å². The Labute approximate surface area is 174 Å². The van der Waals surface area contributed by atoms with Crippen molar-refractivity contribution in [3.8, 4) is 17.2 Å². The zero-order valence-corrected chi connectivity index (χ0v) is 17.2. The summed E-state index contributed by atoms with van der Waals surface area (Å²) in [6, 6.07) is 9.29. The van der Waals surface area contributed by atoms with Gasteiger partial charge in [0.1, 0.15) is 0 Å². The monoisotopic (exact) mass is 416 g/mol. The van der Waals surface area contributed by atoms with Gasteiger partial charge in [0.15, 0.2) is 18.1 Å². The predicted octanol–water partition coefficient (Wildman–Crippen LogP) is 2.26. The number of methoxy groups -OCH3 is 3. The molecule has 0 atom stereocenters. The number of carbonyl (C=O) groups excluding carboxylic acids is 3. The molecule has 9 heteroatoms. The number of hydrogen-bond acceptors (Lipinski definition) is 7. The lowest BCUT2D eigenvalue weighted by Crippen LogP contribution is -2.23. The number of anilines is 1. The predicted molar refractivity (Wildman–Crippen MR) is 109 cm³/mol. The number of rotatable bonds is 9. The number of carbonyl (C=O) groups is 3. The van der Waals surface area contributed by atoms with Crippen LogP contribution >= 0.6 is 0 Å². The first-order valence-electron chi connectivity index (χ1n) is 9.08. The van der Waals surface area contributed by atoms with Crippen LogP contribution in [0.2, 0.25) is 0 Å². The molecule has 2 aromatic rings. The zero-order chi connectivity index (χ0) is 22.1. The number of ether oxygens (including phenoxy) is 4. The van der Waals surface area contributed by atoms with E-state index in [0.717, 1.165) is 0 Å². The molecule has 0 spiro atoms. The molecule has 0 aliphatic carbocycles. The van der Waals surface area contributed by atoms with E-state index in [1.54, 1.807) is 18.2 Å². The van der Waals surface area contributed by atoms with Gasteiger partial charge in [-0.3, -0.25) is 9.59 Å². The van der Waals surface area contributed by atoms with Crippen molar-refractivity contribution in [3.05, 3.63) is 47.5 Å². The maximum atomic E-state index is 12.3. The molecule has 0 fully saturated rings. The summed E-state index contributed by atoms with van der Waals surface area (Å²) >= 11 is 0. The van der Waals surface area contributed by atoms with Crippen molar-refractivity contribution in [2.75, 3.05) is 39.8 Å². The second-order valence-corrected chi connectivity index (χ2v) is 5.98.